The summed E-state index contributed by atoms with van der Waals surface area (Å²) in [5.41, 5.74) is 3.53. The number of amidine groups is 1. The zero-order valence-electron chi connectivity index (χ0n) is 14.7. The summed E-state index contributed by atoms with van der Waals surface area (Å²) in [5, 5.41) is 4.60. The lowest BCUT2D eigenvalue weighted by atomic mass is 9.90. The van der Waals surface area contributed by atoms with Crippen molar-refractivity contribution < 1.29 is 0 Å². The molecule has 0 unspecified atom stereocenters. The van der Waals surface area contributed by atoms with Gasteiger partial charge in [0.25, 0.3) is 0 Å². The van der Waals surface area contributed by atoms with Gasteiger partial charge < -0.3 is 10.2 Å². The largest absolute Gasteiger partial charge is 0.362 e. The lowest BCUT2D eigenvalue weighted by Crippen LogP contribution is -2.63. The number of benzene rings is 1. The maximum Gasteiger partial charge on any atom is 0.134 e. The maximum absolute atomic E-state index is 6.25. The molecule has 5 nitrogen and oxygen atoms in total. The average molecular weight is 368 g/mol. The van der Waals surface area contributed by atoms with Gasteiger partial charge in [0.05, 0.1) is 6.54 Å². The monoisotopic (exact) mass is 367 g/mol. The molecule has 26 heavy (non-hydrogen) atoms. The standard InChI is InChI=1S/C20H22ClN5/c21-16-3-4-17-18(12-16)24-20(26-11-8-23-19(17)26)5-9-25(10-6-20)14-15-2-1-7-22-13-15/h1-4,7,12-13,24H,5-6,8-11,14H2. The van der Waals surface area contributed by atoms with Crippen molar-refractivity contribution in [2.45, 2.75) is 25.0 Å². The molecule has 0 atom stereocenters. The maximum atomic E-state index is 6.25. The Morgan fingerprint density at radius 3 is 2.85 bits per heavy atom. The van der Waals surface area contributed by atoms with Crippen molar-refractivity contribution in [3.05, 3.63) is 58.9 Å². The first-order chi connectivity index (χ1) is 12.7. The van der Waals surface area contributed by atoms with E-state index in [1.54, 1.807) is 0 Å². The Labute approximate surface area is 158 Å². The van der Waals surface area contributed by atoms with Crippen LogP contribution in [0.25, 0.3) is 0 Å². The van der Waals surface area contributed by atoms with E-state index in [4.69, 9.17) is 16.6 Å². The number of anilines is 1. The summed E-state index contributed by atoms with van der Waals surface area (Å²) in [5.74, 6) is 1.14. The van der Waals surface area contributed by atoms with E-state index in [0.717, 1.165) is 62.1 Å². The number of hydrogen-bond acceptors (Lipinski definition) is 5. The molecule has 4 heterocycles. The molecule has 1 saturated heterocycles. The number of nitrogens with zero attached hydrogens (tertiary/aromatic N) is 4. The molecule has 0 saturated carbocycles. The number of pyridine rings is 1. The van der Waals surface area contributed by atoms with Crippen LogP contribution in [0.3, 0.4) is 0 Å². The Morgan fingerprint density at radius 1 is 1.15 bits per heavy atom. The van der Waals surface area contributed by atoms with E-state index in [-0.39, 0.29) is 5.66 Å². The van der Waals surface area contributed by atoms with E-state index in [0.29, 0.717) is 0 Å². The lowest BCUT2D eigenvalue weighted by Gasteiger charge is -2.52. The van der Waals surface area contributed by atoms with Crippen LogP contribution < -0.4 is 5.32 Å². The van der Waals surface area contributed by atoms with Gasteiger partial charge in [-0.05, 0) is 29.8 Å². The van der Waals surface area contributed by atoms with Crippen LogP contribution in [0, 0.1) is 0 Å². The molecular weight excluding hydrogens is 346 g/mol. The summed E-state index contributed by atoms with van der Waals surface area (Å²) in [7, 11) is 0. The molecule has 0 radical (unpaired) electrons. The number of hydrogen-bond donors (Lipinski definition) is 1. The third-order valence-electron chi connectivity index (χ3n) is 5.76. The zero-order valence-corrected chi connectivity index (χ0v) is 15.4. The number of fused-ring (bicyclic) bond motifs is 4. The summed E-state index contributed by atoms with van der Waals surface area (Å²) in [6, 6.07) is 10.2. The summed E-state index contributed by atoms with van der Waals surface area (Å²) in [6.45, 7) is 4.95. The third-order valence-corrected chi connectivity index (χ3v) is 5.99. The Kier molecular flexibility index (Phi) is 3.87. The van der Waals surface area contributed by atoms with Crippen LogP contribution in [0.1, 0.15) is 24.0 Å². The van der Waals surface area contributed by atoms with Gasteiger partial charge in [0, 0.05) is 67.7 Å². The molecule has 5 rings (SSSR count). The van der Waals surface area contributed by atoms with Gasteiger partial charge in [0.2, 0.25) is 0 Å². The molecule has 0 bridgehead atoms. The van der Waals surface area contributed by atoms with Gasteiger partial charge in [-0.15, -0.1) is 0 Å². The highest BCUT2D eigenvalue weighted by atomic mass is 35.5. The van der Waals surface area contributed by atoms with Gasteiger partial charge >= 0.3 is 0 Å². The average Bonchev–Trinajstić information content (AvgIpc) is 3.15. The highest BCUT2D eigenvalue weighted by Crippen LogP contribution is 2.40. The molecule has 6 heteroatoms. The molecule has 134 valence electrons. The van der Waals surface area contributed by atoms with Crippen molar-refractivity contribution in [1.82, 2.24) is 14.8 Å². The highest BCUT2D eigenvalue weighted by molar-refractivity contribution is 6.31. The van der Waals surface area contributed by atoms with Crippen LogP contribution in [0.4, 0.5) is 5.69 Å². The van der Waals surface area contributed by atoms with Gasteiger partial charge in [0.15, 0.2) is 0 Å². The van der Waals surface area contributed by atoms with Gasteiger partial charge in [-0.1, -0.05) is 17.7 Å². The first-order valence-corrected chi connectivity index (χ1v) is 9.63. The predicted molar refractivity (Wildman–Crippen MR) is 105 cm³/mol. The molecule has 1 aromatic carbocycles. The van der Waals surface area contributed by atoms with E-state index < -0.39 is 0 Å². The van der Waals surface area contributed by atoms with Crippen LogP contribution >= 0.6 is 11.6 Å². The number of aromatic nitrogens is 1. The quantitative estimate of drug-likeness (QED) is 0.885. The lowest BCUT2D eigenvalue weighted by molar-refractivity contribution is 0.0895. The summed E-state index contributed by atoms with van der Waals surface area (Å²) in [4.78, 5) is 14.0. The van der Waals surface area contributed by atoms with Crippen LogP contribution in [0.5, 0.6) is 0 Å². The number of aliphatic imine (C=N–C) groups is 1. The SMILES string of the molecule is Clc1ccc2c(c1)NC1(CCN(Cc3cccnc3)CC1)N1CCN=C21. The molecule has 0 aliphatic carbocycles. The van der Waals surface area contributed by atoms with Gasteiger partial charge in [-0.25, -0.2) is 0 Å². The summed E-state index contributed by atoms with van der Waals surface area (Å²) < 4.78 is 0. The minimum absolute atomic E-state index is 0.0432. The van der Waals surface area contributed by atoms with Crippen molar-refractivity contribution in [2.75, 3.05) is 31.5 Å². The van der Waals surface area contributed by atoms with Crippen molar-refractivity contribution >= 4 is 23.1 Å². The second-order valence-electron chi connectivity index (χ2n) is 7.34. The van der Waals surface area contributed by atoms with Gasteiger partial charge in [-0.3, -0.25) is 14.9 Å². The summed E-state index contributed by atoms with van der Waals surface area (Å²) in [6.07, 6.45) is 5.93. The second-order valence-corrected chi connectivity index (χ2v) is 7.78. The first-order valence-electron chi connectivity index (χ1n) is 9.25. The molecule has 1 spiro atoms. The van der Waals surface area contributed by atoms with Gasteiger partial charge in [-0.2, -0.15) is 0 Å². The van der Waals surface area contributed by atoms with Crippen LogP contribution in [-0.2, 0) is 6.54 Å². The van der Waals surface area contributed by atoms with E-state index in [1.165, 1.54) is 11.1 Å². The van der Waals surface area contributed by atoms with E-state index in [9.17, 15) is 0 Å². The first kappa shape index (κ1) is 16.1. The molecule has 0 amide bonds. The van der Waals surface area contributed by atoms with Crippen molar-refractivity contribution in [3.63, 3.8) is 0 Å². The molecule has 1 fully saturated rings. The fraction of sp³-hybridized carbons (Fsp3) is 0.400. The molecule has 1 N–H and O–H groups in total. The van der Waals surface area contributed by atoms with E-state index in [1.807, 2.05) is 30.6 Å². The number of rotatable bonds is 2. The Bertz CT molecular complexity index is 843. The highest BCUT2D eigenvalue weighted by Gasteiger charge is 2.46. The topological polar surface area (TPSA) is 43.8 Å². The van der Waals surface area contributed by atoms with E-state index >= 15 is 0 Å². The zero-order chi connectivity index (χ0) is 17.6. The van der Waals surface area contributed by atoms with Gasteiger partial charge in [0.1, 0.15) is 11.5 Å². The van der Waals surface area contributed by atoms with Crippen LogP contribution in [0.2, 0.25) is 5.02 Å². The Hall–Kier alpha value is -2.11. The number of halogens is 1. The van der Waals surface area contributed by atoms with Crippen molar-refractivity contribution in [1.29, 1.82) is 0 Å². The molecule has 2 aromatic rings. The minimum Gasteiger partial charge on any atom is -0.362 e. The molecular formula is C20H22ClN5. The summed E-state index contributed by atoms with van der Waals surface area (Å²) >= 11 is 6.25. The molecule has 3 aliphatic rings. The third kappa shape index (κ3) is 2.66. The second kappa shape index (κ2) is 6.25. The number of piperidine rings is 1. The normalized spacial score (nSPS) is 21.1. The fourth-order valence-electron chi connectivity index (χ4n) is 4.45. The van der Waals surface area contributed by atoms with Crippen LogP contribution in [-0.4, -0.2) is 52.5 Å². The van der Waals surface area contributed by atoms with Crippen LogP contribution in [0.15, 0.2) is 47.7 Å². The number of nitrogens with one attached hydrogen (secondary N) is 1. The van der Waals surface area contributed by atoms with Crippen molar-refractivity contribution in [2.24, 2.45) is 4.99 Å². The predicted octanol–water partition coefficient (Wildman–Crippen LogP) is 3.22. The fourth-order valence-corrected chi connectivity index (χ4v) is 4.63. The smallest absolute Gasteiger partial charge is 0.134 e. The minimum atomic E-state index is -0.0432. The van der Waals surface area contributed by atoms with E-state index in [2.05, 4.69) is 32.2 Å². The number of likely N-dealkylation sites (tertiary alicyclic amines) is 1. The Balaban J connectivity index is 1.38. The Morgan fingerprint density at radius 2 is 2.04 bits per heavy atom. The molecule has 1 aromatic heterocycles. The van der Waals surface area contributed by atoms with Crippen molar-refractivity contribution in [3.8, 4) is 0 Å². The molecule has 3 aliphatic heterocycles.